The second kappa shape index (κ2) is 15.6. The van der Waals surface area contributed by atoms with Crippen molar-refractivity contribution in [2.75, 3.05) is 5.32 Å². The van der Waals surface area contributed by atoms with E-state index < -0.39 is 67.0 Å². The molecule has 0 spiro atoms. The molecule has 0 radical (unpaired) electrons. The number of aliphatic imine (C=N–C) groups is 1. The van der Waals surface area contributed by atoms with Crippen molar-refractivity contribution in [1.29, 1.82) is 0 Å². The van der Waals surface area contributed by atoms with Crippen molar-refractivity contribution in [2.24, 2.45) is 16.6 Å². The third-order valence-corrected chi connectivity index (χ3v) is 6.19. The minimum Gasteiger partial charge on any atom is -0.370 e. The van der Waals surface area contributed by atoms with Crippen LogP contribution in [0.15, 0.2) is 64.3 Å². The Bertz CT molecular complexity index is 1530. The van der Waals surface area contributed by atoms with Gasteiger partial charge >= 0.3 is 12.4 Å². The van der Waals surface area contributed by atoms with Crippen LogP contribution in [0.3, 0.4) is 0 Å². The molecule has 2 aromatic carbocycles. The Balaban J connectivity index is 0.000000775. The Kier molecular flexibility index (Phi) is 12.5. The Hall–Kier alpha value is -5.13. The van der Waals surface area contributed by atoms with Gasteiger partial charge in [-0.15, -0.1) is 12.8 Å². The molecule has 15 heteroatoms. The average Bonchev–Trinajstić information content (AvgIpc) is 3.40. The SMILES string of the molecule is C#C.Cc1cccc2c1NC(=O)[C@@H](NC(=O)[C@H](CCC(F)(F)F)CC(N)=O)N=C2c1cccc(C(F)(F)F)c1.Cc1ccon1. The first-order valence-corrected chi connectivity index (χ1v) is 13.1. The lowest BCUT2D eigenvalue weighted by molar-refractivity contribution is -0.143. The highest BCUT2D eigenvalue weighted by atomic mass is 19.4. The zero-order chi connectivity index (χ0) is 33.9. The van der Waals surface area contributed by atoms with E-state index in [1.807, 2.05) is 6.92 Å². The van der Waals surface area contributed by atoms with Crippen LogP contribution in [0.5, 0.6) is 0 Å². The average molecular weight is 638 g/mol. The molecule has 9 nitrogen and oxygen atoms in total. The number of terminal acetylenes is 1. The number of aromatic nitrogens is 1. The molecule has 0 fully saturated rings. The highest BCUT2D eigenvalue weighted by molar-refractivity contribution is 6.20. The Labute approximate surface area is 254 Å². The van der Waals surface area contributed by atoms with Crippen molar-refractivity contribution in [3.8, 4) is 12.8 Å². The molecule has 4 N–H and O–H groups in total. The molecular weight excluding hydrogens is 608 g/mol. The number of para-hydroxylation sites is 1. The number of fused-ring (bicyclic) bond motifs is 1. The molecule has 0 saturated carbocycles. The van der Waals surface area contributed by atoms with Crippen LogP contribution in [0, 0.1) is 32.6 Å². The first kappa shape index (κ1) is 36.1. The van der Waals surface area contributed by atoms with Crippen molar-refractivity contribution in [1.82, 2.24) is 10.5 Å². The number of carbonyl (C=O) groups excluding carboxylic acids is 3. The van der Waals surface area contributed by atoms with Crippen LogP contribution < -0.4 is 16.4 Å². The van der Waals surface area contributed by atoms with Crippen LogP contribution in [0.4, 0.5) is 32.0 Å². The number of nitrogens with one attached hydrogen (secondary N) is 2. The zero-order valence-electron chi connectivity index (χ0n) is 24.0. The minimum atomic E-state index is -4.67. The molecule has 2 atom stereocenters. The summed E-state index contributed by atoms with van der Waals surface area (Å²) < 4.78 is 82.7. The molecule has 3 amide bonds. The number of carbonyl (C=O) groups is 3. The van der Waals surface area contributed by atoms with E-state index >= 15 is 0 Å². The van der Waals surface area contributed by atoms with Gasteiger partial charge in [0.25, 0.3) is 5.91 Å². The van der Waals surface area contributed by atoms with Gasteiger partial charge in [-0.3, -0.25) is 14.4 Å². The third-order valence-electron chi connectivity index (χ3n) is 6.19. The molecule has 1 aliphatic heterocycles. The van der Waals surface area contributed by atoms with Gasteiger partial charge in [0, 0.05) is 36.0 Å². The highest BCUT2D eigenvalue weighted by Gasteiger charge is 2.35. The molecular formula is C30H29F6N5O4. The summed E-state index contributed by atoms with van der Waals surface area (Å²) in [7, 11) is 0. The van der Waals surface area contributed by atoms with Crippen molar-refractivity contribution in [2.45, 2.75) is 51.6 Å². The number of hydrogen-bond acceptors (Lipinski definition) is 6. The van der Waals surface area contributed by atoms with Crippen LogP contribution in [-0.2, 0) is 20.6 Å². The predicted octanol–water partition coefficient (Wildman–Crippen LogP) is 5.31. The summed E-state index contributed by atoms with van der Waals surface area (Å²) in [6, 6.07) is 10.8. The Morgan fingerprint density at radius 3 is 2.27 bits per heavy atom. The second-order valence-corrected chi connectivity index (χ2v) is 9.62. The van der Waals surface area contributed by atoms with Gasteiger partial charge < -0.3 is 20.9 Å². The largest absolute Gasteiger partial charge is 0.416 e. The van der Waals surface area contributed by atoms with Gasteiger partial charge in [-0.1, -0.05) is 35.5 Å². The van der Waals surface area contributed by atoms with Gasteiger partial charge in [0.1, 0.15) is 6.26 Å². The standard InChI is InChI=1S/C24H22F6N4O3.C4H5NO.C2H2/c1-12-4-2-7-16-18(12)33-22(37)20(32-19(16)13-5-3-6-15(10-13)24(28,29)30)34-21(36)14(11-17(31)35)8-9-23(25,26)27;1-4-2-3-6-5-4;1-2/h2-7,10,14,20H,8-9,11H2,1H3,(H2,31,35)(H,33,37)(H,34,36);2-3H,1H3;1-2H/t14-,20-;;/m1../s1. The first-order chi connectivity index (χ1) is 21.0. The maximum Gasteiger partial charge on any atom is 0.416 e. The number of hydrogen-bond donors (Lipinski definition) is 3. The fraction of sp³-hybridized carbons (Fsp3) is 0.300. The van der Waals surface area contributed by atoms with Crippen LogP contribution >= 0.6 is 0 Å². The number of benzodiazepines with no additional fused rings is 1. The predicted molar refractivity (Wildman–Crippen MR) is 153 cm³/mol. The number of aryl methyl sites for hydroxylation is 2. The van der Waals surface area contributed by atoms with E-state index in [4.69, 9.17) is 5.73 Å². The summed E-state index contributed by atoms with van der Waals surface area (Å²) in [5, 5.41) is 8.32. The molecule has 2 heterocycles. The molecule has 0 unspecified atom stereocenters. The lowest BCUT2D eigenvalue weighted by Crippen LogP contribution is -2.45. The monoisotopic (exact) mass is 637 g/mol. The van der Waals surface area contributed by atoms with Gasteiger partial charge in [0.2, 0.25) is 18.0 Å². The molecule has 1 aliphatic rings. The molecule has 45 heavy (non-hydrogen) atoms. The normalized spacial score (nSPS) is 14.9. The molecule has 4 rings (SSSR count). The van der Waals surface area contributed by atoms with E-state index in [-0.39, 0.29) is 22.5 Å². The number of primary amides is 1. The number of amides is 3. The van der Waals surface area contributed by atoms with E-state index in [9.17, 15) is 40.7 Å². The van der Waals surface area contributed by atoms with Crippen LogP contribution in [0.1, 0.15) is 47.2 Å². The van der Waals surface area contributed by atoms with Crippen molar-refractivity contribution in [3.63, 3.8) is 0 Å². The number of halogens is 6. The van der Waals surface area contributed by atoms with Gasteiger partial charge in [-0.2, -0.15) is 26.3 Å². The molecule has 0 bridgehead atoms. The topological polar surface area (TPSA) is 140 Å². The lowest BCUT2D eigenvalue weighted by Gasteiger charge is -2.19. The van der Waals surface area contributed by atoms with E-state index in [1.54, 1.807) is 31.4 Å². The summed E-state index contributed by atoms with van der Waals surface area (Å²) in [5.41, 5.74) is 6.03. The fourth-order valence-corrected chi connectivity index (χ4v) is 4.08. The molecule has 0 saturated heterocycles. The lowest BCUT2D eigenvalue weighted by atomic mass is 9.97. The molecule has 1 aromatic heterocycles. The number of nitrogens with two attached hydrogens (primary N) is 1. The van der Waals surface area contributed by atoms with Gasteiger partial charge in [-0.05, 0) is 38.0 Å². The summed E-state index contributed by atoms with van der Waals surface area (Å²) in [5.74, 6) is -4.49. The van der Waals surface area contributed by atoms with Gasteiger partial charge in [0.15, 0.2) is 0 Å². The van der Waals surface area contributed by atoms with Crippen LogP contribution in [-0.4, -0.2) is 40.9 Å². The fourth-order valence-electron chi connectivity index (χ4n) is 4.08. The minimum absolute atomic E-state index is 0.0109. The third kappa shape index (κ3) is 10.8. The van der Waals surface area contributed by atoms with Crippen LogP contribution in [0.25, 0.3) is 0 Å². The Morgan fingerprint density at radius 2 is 1.73 bits per heavy atom. The van der Waals surface area contributed by atoms with Crippen LogP contribution in [0.2, 0.25) is 0 Å². The summed E-state index contributed by atoms with van der Waals surface area (Å²) in [6.07, 6.45) is -4.29. The van der Waals surface area contributed by atoms with Gasteiger partial charge in [0.05, 0.1) is 22.7 Å². The van der Waals surface area contributed by atoms with Crippen molar-refractivity contribution in [3.05, 3.63) is 82.7 Å². The zero-order valence-corrected chi connectivity index (χ0v) is 24.0. The number of benzene rings is 2. The summed E-state index contributed by atoms with van der Waals surface area (Å²) >= 11 is 0. The first-order valence-electron chi connectivity index (χ1n) is 13.1. The molecule has 3 aromatic rings. The van der Waals surface area contributed by atoms with E-state index in [0.717, 1.165) is 23.9 Å². The van der Waals surface area contributed by atoms with Crippen molar-refractivity contribution >= 4 is 29.1 Å². The summed E-state index contributed by atoms with van der Waals surface area (Å²) in [4.78, 5) is 41.3. The number of anilines is 1. The van der Waals surface area contributed by atoms with E-state index in [2.05, 4.69) is 38.2 Å². The smallest absolute Gasteiger partial charge is 0.370 e. The highest BCUT2D eigenvalue weighted by Crippen LogP contribution is 2.32. The maximum absolute atomic E-state index is 13.4. The van der Waals surface area contributed by atoms with E-state index in [1.165, 1.54) is 12.1 Å². The number of alkyl halides is 6. The quantitative estimate of drug-likeness (QED) is 0.238. The Morgan fingerprint density at radius 1 is 1.07 bits per heavy atom. The van der Waals surface area contributed by atoms with Gasteiger partial charge in [-0.25, -0.2) is 4.99 Å². The number of rotatable bonds is 7. The van der Waals surface area contributed by atoms with E-state index in [0.29, 0.717) is 5.56 Å². The second-order valence-electron chi connectivity index (χ2n) is 9.62. The van der Waals surface area contributed by atoms with Crippen molar-refractivity contribution < 1.29 is 45.2 Å². The number of nitrogens with zero attached hydrogens (tertiary/aromatic N) is 2. The summed E-state index contributed by atoms with van der Waals surface area (Å²) in [6.45, 7) is 3.52. The molecule has 0 aliphatic carbocycles. The maximum atomic E-state index is 13.4. The molecule has 240 valence electrons.